The number of rotatable bonds is 2. The first kappa shape index (κ1) is 10.7. The van der Waals surface area contributed by atoms with Crippen LogP contribution in [0.1, 0.15) is 15.9 Å². The zero-order valence-corrected chi connectivity index (χ0v) is 9.15. The van der Waals surface area contributed by atoms with E-state index in [0.717, 1.165) is 5.56 Å². The van der Waals surface area contributed by atoms with E-state index in [9.17, 15) is 9.59 Å². The van der Waals surface area contributed by atoms with Crippen molar-refractivity contribution in [3.63, 3.8) is 0 Å². The first-order valence-corrected chi connectivity index (χ1v) is 4.97. The number of Topliss-reactive ketones (excluding diaryl/α,β-unsaturated/α-hetero) is 1. The molecule has 0 aliphatic heterocycles. The minimum Gasteiger partial charge on any atom is -0.496 e. The first-order valence-electron chi connectivity index (χ1n) is 4.97. The Labute approximate surface area is 93.2 Å². The molecule has 0 amide bonds. The number of fused-ring (bicyclic) bond motifs is 1. The first-order chi connectivity index (χ1) is 7.69. The minimum absolute atomic E-state index is 0.209. The summed E-state index contributed by atoms with van der Waals surface area (Å²) in [7, 11) is 2.80. The quantitative estimate of drug-likeness (QED) is 0.555. The van der Waals surface area contributed by atoms with Crippen molar-refractivity contribution in [3.8, 4) is 5.75 Å². The van der Waals surface area contributed by atoms with E-state index in [0.29, 0.717) is 17.7 Å². The molecule has 2 rings (SSSR count). The Hall–Kier alpha value is -1.84. The van der Waals surface area contributed by atoms with Crippen LogP contribution >= 0.6 is 0 Å². The Morgan fingerprint density at radius 3 is 2.75 bits per heavy atom. The minimum atomic E-state index is -0.712. The molecule has 4 heteroatoms. The highest BCUT2D eigenvalue weighted by atomic mass is 16.5. The van der Waals surface area contributed by atoms with Gasteiger partial charge in [0.25, 0.3) is 0 Å². The van der Waals surface area contributed by atoms with E-state index >= 15 is 0 Å². The van der Waals surface area contributed by atoms with E-state index in [1.807, 2.05) is 12.1 Å². The maximum atomic E-state index is 12.0. The highest BCUT2D eigenvalue weighted by molar-refractivity contribution is 6.13. The van der Waals surface area contributed by atoms with Crippen molar-refractivity contribution < 1.29 is 19.1 Å². The van der Waals surface area contributed by atoms with E-state index in [1.54, 1.807) is 6.07 Å². The van der Waals surface area contributed by atoms with Crippen LogP contribution in [0.3, 0.4) is 0 Å². The van der Waals surface area contributed by atoms with Crippen LogP contribution in [0.4, 0.5) is 0 Å². The molecule has 0 saturated carbocycles. The summed E-state index contributed by atoms with van der Waals surface area (Å²) in [5, 5.41) is 0. The molecule has 0 fully saturated rings. The van der Waals surface area contributed by atoms with Gasteiger partial charge in [-0.05, 0) is 18.1 Å². The molecule has 0 unspecified atom stereocenters. The molecule has 1 aliphatic rings. The van der Waals surface area contributed by atoms with Crippen molar-refractivity contribution >= 4 is 11.8 Å². The van der Waals surface area contributed by atoms with Gasteiger partial charge in [-0.1, -0.05) is 12.1 Å². The Kier molecular flexibility index (Phi) is 2.64. The van der Waals surface area contributed by atoms with Gasteiger partial charge in [0.2, 0.25) is 0 Å². The van der Waals surface area contributed by atoms with Crippen LogP contribution in [0.5, 0.6) is 5.75 Å². The fourth-order valence-electron chi connectivity index (χ4n) is 2.02. The van der Waals surface area contributed by atoms with Crippen molar-refractivity contribution in [1.82, 2.24) is 0 Å². The number of hydrogen-bond acceptors (Lipinski definition) is 4. The summed E-state index contributed by atoms with van der Waals surface area (Å²) in [6.45, 7) is 0. The molecule has 0 heterocycles. The molecule has 0 N–H and O–H groups in total. The number of ether oxygens (including phenoxy) is 2. The molecular weight excluding hydrogens is 208 g/mol. The molecular formula is C12H12O4. The lowest BCUT2D eigenvalue weighted by Gasteiger charge is -2.05. The summed E-state index contributed by atoms with van der Waals surface area (Å²) in [6, 6.07) is 5.36. The molecule has 84 valence electrons. The standard InChI is InChI=1S/C12H12O4/c1-15-9-5-3-4-7-6-8(12(14)16-2)11(13)10(7)9/h3-5,8H,6H2,1-2H3/t8-/m0/s1. The van der Waals surface area contributed by atoms with Gasteiger partial charge in [0.05, 0.1) is 19.8 Å². The second-order valence-corrected chi connectivity index (χ2v) is 3.64. The fourth-order valence-corrected chi connectivity index (χ4v) is 2.02. The van der Waals surface area contributed by atoms with Crippen LogP contribution < -0.4 is 4.74 Å². The van der Waals surface area contributed by atoms with Gasteiger partial charge in [0, 0.05) is 0 Å². The second kappa shape index (κ2) is 3.96. The molecule has 4 nitrogen and oxygen atoms in total. The maximum absolute atomic E-state index is 12.0. The zero-order valence-electron chi connectivity index (χ0n) is 9.15. The van der Waals surface area contributed by atoms with Crippen molar-refractivity contribution in [1.29, 1.82) is 0 Å². The monoisotopic (exact) mass is 220 g/mol. The van der Waals surface area contributed by atoms with Gasteiger partial charge < -0.3 is 9.47 Å². The summed E-state index contributed by atoms with van der Waals surface area (Å²) in [4.78, 5) is 23.4. The Bertz CT molecular complexity index is 450. The van der Waals surface area contributed by atoms with Gasteiger partial charge in [-0.3, -0.25) is 9.59 Å². The number of carbonyl (C=O) groups excluding carboxylic acids is 2. The zero-order chi connectivity index (χ0) is 11.7. The number of methoxy groups -OCH3 is 2. The maximum Gasteiger partial charge on any atom is 0.316 e. The van der Waals surface area contributed by atoms with Gasteiger partial charge in [0.1, 0.15) is 11.7 Å². The van der Waals surface area contributed by atoms with Crippen LogP contribution in [0.25, 0.3) is 0 Å². The fraction of sp³-hybridized carbons (Fsp3) is 0.333. The number of benzene rings is 1. The SMILES string of the molecule is COC(=O)[C@H]1Cc2cccc(OC)c2C1=O. The van der Waals surface area contributed by atoms with Crippen molar-refractivity contribution in [2.75, 3.05) is 14.2 Å². The molecule has 1 aromatic carbocycles. The average molecular weight is 220 g/mol. The lowest BCUT2D eigenvalue weighted by Crippen LogP contribution is -2.22. The van der Waals surface area contributed by atoms with Crippen molar-refractivity contribution in [2.45, 2.75) is 6.42 Å². The van der Waals surface area contributed by atoms with E-state index in [-0.39, 0.29) is 5.78 Å². The molecule has 16 heavy (non-hydrogen) atoms. The van der Waals surface area contributed by atoms with Crippen LogP contribution in [-0.2, 0) is 16.0 Å². The van der Waals surface area contributed by atoms with Crippen LogP contribution in [0.2, 0.25) is 0 Å². The molecule has 1 aromatic rings. The van der Waals surface area contributed by atoms with E-state index < -0.39 is 11.9 Å². The van der Waals surface area contributed by atoms with Crippen LogP contribution in [0, 0.1) is 5.92 Å². The lowest BCUT2D eigenvalue weighted by atomic mass is 10.1. The highest BCUT2D eigenvalue weighted by Crippen LogP contribution is 2.33. The Morgan fingerprint density at radius 2 is 2.12 bits per heavy atom. The number of hydrogen-bond donors (Lipinski definition) is 0. The second-order valence-electron chi connectivity index (χ2n) is 3.64. The lowest BCUT2D eigenvalue weighted by molar-refractivity contribution is -0.143. The van der Waals surface area contributed by atoms with Gasteiger partial charge in [0.15, 0.2) is 5.78 Å². The van der Waals surface area contributed by atoms with Crippen LogP contribution in [-0.4, -0.2) is 26.0 Å². The number of esters is 1. The third kappa shape index (κ3) is 1.46. The largest absolute Gasteiger partial charge is 0.496 e. The predicted octanol–water partition coefficient (Wildman–Crippen LogP) is 1.22. The third-order valence-corrected chi connectivity index (χ3v) is 2.81. The molecule has 0 aromatic heterocycles. The van der Waals surface area contributed by atoms with Gasteiger partial charge in [-0.25, -0.2) is 0 Å². The van der Waals surface area contributed by atoms with Crippen molar-refractivity contribution in [3.05, 3.63) is 29.3 Å². The average Bonchev–Trinajstić information content (AvgIpc) is 2.66. The third-order valence-electron chi connectivity index (χ3n) is 2.81. The molecule has 0 bridgehead atoms. The topological polar surface area (TPSA) is 52.6 Å². The highest BCUT2D eigenvalue weighted by Gasteiger charge is 2.38. The molecule has 1 aliphatic carbocycles. The van der Waals surface area contributed by atoms with E-state index in [4.69, 9.17) is 4.74 Å². The Morgan fingerprint density at radius 1 is 1.38 bits per heavy atom. The molecule has 1 atom stereocenters. The Balaban J connectivity index is 2.42. The van der Waals surface area contributed by atoms with Gasteiger partial charge in [-0.2, -0.15) is 0 Å². The van der Waals surface area contributed by atoms with E-state index in [1.165, 1.54) is 14.2 Å². The summed E-state index contributed by atoms with van der Waals surface area (Å²) < 4.78 is 9.72. The predicted molar refractivity (Wildman–Crippen MR) is 56.5 cm³/mol. The summed E-state index contributed by atoms with van der Waals surface area (Å²) in [6.07, 6.45) is 0.401. The molecule has 0 spiro atoms. The summed E-state index contributed by atoms with van der Waals surface area (Å²) in [5.41, 5.74) is 1.36. The van der Waals surface area contributed by atoms with Crippen LogP contribution in [0.15, 0.2) is 18.2 Å². The number of carbonyl (C=O) groups is 2. The molecule has 0 saturated heterocycles. The van der Waals surface area contributed by atoms with Gasteiger partial charge in [-0.15, -0.1) is 0 Å². The normalized spacial score (nSPS) is 18.1. The summed E-state index contributed by atoms with van der Waals surface area (Å²) in [5.74, 6) is -0.882. The summed E-state index contributed by atoms with van der Waals surface area (Å²) >= 11 is 0. The smallest absolute Gasteiger partial charge is 0.316 e. The van der Waals surface area contributed by atoms with E-state index in [2.05, 4.69) is 4.74 Å². The van der Waals surface area contributed by atoms with Crippen molar-refractivity contribution in [2.24, 2.45) is 5.92 Å². The number of ketones is 1. The molecule has 0 radical (unpaired) electrons. The van der Waals surface area contributed by atoms with Gasteiger partial charge >= 0.3 is 5.97 Å².